The van der Waals surface area contributed by atoms with Gasteiger partial charge >= 0.3 is 10.2 Å². The van der Waals surface area contributed by atoms with Crippen LogP contribution in [0.3, 0.4) is 0 Å². The van der Waals surface area contributed by atoms with E-state index in [1.807, 2.05) is 6.07 Å². The summed E-state index contributed by atoms with van der Waals surface area (Å²) in [4.78, 5) is 0. The minimum Gasteiger partial charge on any atom is -0.477 e. The number of anilines is 1. The number of ether oxygens (including phenoxy) is 1. The molecule has 114 valence electrons. The summed E-state index contributed by atoms with van der Waals surface area (Å²) in [6, 6.07) is 8.59. The predicted octanol–water partition coefficient (Wildman–Crippen LogP) is 2.12. The molecule has 1 N–H and O–H groups in total. The highest BCUT2D eigenvalue weighted by molar-refractivity contribution is 7.90. The average Bonchev–Trinajstić information content (AvgIpc) is 2.76. The fourth-order valence-corrected chi connectivity index (χ4v) is 3.59. The van der Waals surface area contributed by atoms with Crippen LogP contribution in [0, 0.1) is 11.3 Å². The standard InChI is InChI=1S/C14H19N3O3S/c15-9-12-20-14-8-4-3-7-13(14)16-21(18,19)17-10-5-1-2-6-11-17/h3-4,7-8,16H,1-2,5-6,10-12H2. The summed E-state index contributed by atoms with van der Waals surface area (Å²) in [6.45, 7) is 0.954. The van der Waals surface area contributed by atoms with Crippen molar-refractivity contribution >= 4 is 15.9 Å². The smallest absolute Gasteiger partial charge is 0.301 e. The third kappa shape index (κ3) is 4.34. The van der Waals surface area contributed by atoms with E-state index < -0.39 is 10.2 Å². The highest BCUT2D eigenvalue weighted by Crippen LogP contribution is 2.26. The van der Waals surface area contributed by atoms with Gasteiger partial charge in [0.05, 0.1) is 5.69 Å². The molecule has 0 unspecified atom stereocenters. The van der Waals surface area contributed by atoms with E-state index in [4.69, 9.17) is 10.00 Å². The van der Waals surface area contributed by atoms with Crippen molar-refractivity contribution in [3.63, 3.8) is 0 Å². The zero-order chi connectivity index (χ0) is 15.1. The van der Waals surface area contributed by atoms with Gasteiger partial charge in [0.25, 0.3) is 0 Å². The van der Waals surface area contributed by atoms with E-state index in [0.717, 1.165) is 25.7 Å². The van der Waals surface area contributed by atoms with E-state index in [0.29, 0.717) is 24.5 Å². The quantitative estimate of drug-likeness (QED) is 0.903. The number of hydrogen-bond donors (Lipinski definition) is 1. The second kappa shape index (κ2) is 7.29. The third-order valence-corrected chi connectivity index (χ3v) is 4.85. The van der Waals surface area contributed by atoms with Gasteiger partial charge in [-0.1, -0.05) is 25.0 Å². The van der Waals surface area contributed by atoms with E-state index in [1.54, 1.807) is 24.3 Å². The molecule has 0 aliphatic carbocycles. The predicted molar refractivity (Wildman–Crippen MR) is 80.1 cm³/mol. The summed E-state index contributed by atoms with van der Waals surface area (Å²) in [5, 5.41) is 8.56. The summed E-state index contributed by atoms with van der Waals surface area (Å²) < 4.78 is 34.1. The van der Waals surface area contributed by atoms with Crippen molar-refractivity contribution in [1.82, 2.24) is 4.31 Å². The third-order valence-electron chi connectivity index (χ3n) is 3.32. The first-order valence-corrected chi connectivity index (χ1v) is 8.44. The van der Waals surface area contributed by atoms with Crippen molar-refractivity contribution in [3.8, 4) is 11.8 Å². The Kier molecular flexibility index (Phi) is 5.42. The first kappa shape index (κ1) is 15.6. The molecule has 1 saturated heterocycles. The topological polar surface area (TPSA) is 82.4 Å². The van der Waals surface area contributed by atoms with Crippen LogP contribution in [0.2, 0.25) is 0 Å². The monoisotopic (exact) mass is 309 g/mol. The van der Waals surface area contributed by atoms with Gasteiger partial charge in [0.2, 0.25) is 0 Å². The van der Waals surface area contributed by atoms with Gasteiger partial charge in [-0.15, -0.1) is 0 Å². The maximum Gasteiger partial charge on any atom is 0.301 e. The zero-order valence-electron chi connectivity index (χ0n) is 11.8. The highest BCUT2D eigenvalue weighted by atomic mass is 32.2. The summed E-state index contributed by atoms with van der Waals surface area (Å²) in [7, 11) is -3.59. The van der Waals surface area contributed by atoms with Crippen LogP contribution < -0.4 is 9.46 Å². The molecule has 1 aliphatic rings. The largest absolute Gasteiger partial charge is 0.477 e. The van der Waals surface area contributed by atoms with Gasteiger partial charge in [-0.2, -0.15) is 18.0 Å². The van der Waals surface area contributed by atoms with E-state index in [-0.39, 0.29) is 6.61 Å². The molecule has 1 aromatic carbocycles. The van der Waals surface area contributed by atoms with Crippen molar-refractivity contribution in [3.05, 3.63) is 24.3 Å². The van der Waals surface area contributed by atoms with Crippen LogP contribution in [0.4, 0.5) is 5.69 Å². The molecule has 1 aromatic rings. The molecule has 6 nitrogen and oxygen atoms in total. The van der Waals surface area contributed by atoms with Crippen molar-refractivity contribution in [2.45, 2.75) is 25.7 Å². The minimum atomic E-state index is -3.59. The van der Waals surface area contributed by atoms with Crippen molar-refractivity contribution in [1.29, 1.82) is 5.26 Å². The Hall–Kier alpha value is -1.78. The van der Waals surface area contributed by atoms with Crippen LogP contribution in [-0.2, 0) is 10.2 Å². The Morgan fingerprint density at radius 3 is 2.52 bits per heavy atom. The Morgan fingerprint density at radius 1 is 1.19 bits per heavy atom. The molecule has 21 heavy (non-hydrogen) atoms. The molecule has 0 atom stereocenters. The second-order valence-corrected chi connectivity index (χ2v) is 6.53. The minimum absolute atomic E-state index is 0.123. The summed E-state index contributed by atoms with van der Waals surface area (Å²) in [6.07, 6.45) is 3.89. The van der Waals surface area contributed by atoms with Crippen molar-refractivity contribution < 1.29 is 13.2 Å². The first-order chi connectivity index (χ1) is 10.1. The molecular formula is C14H19N3O3S. The number of hydrogen-bond acceptors (Lipinski definition) is 4. The Morgan fingerprint density at radius 2 is 1.86 bits per heavy atom. The molecule has 0 saturated carbocycles. The van der Waals surface area contributed by atoms with E-state index in [1.165, 1.54) is 4.31 Å². The van der Waals surface area contributed by atoms with Crippen molar-refractivity contribution in [2.24, 2.45) is 0 Å². The molecule has 0 spiro atoms. The zero-order valence-corrected chi connectivity index (χ0v) is 12.6. The van der Waals surface area contributed by atoms with Gasteiger partial charge in [0.1, 0.15) is 11.8 Å². The van der Waals surface area contributed by atoms with Gasteiger partial charge in [-0.05, 0) is 25.0 Å². The van der Waals surface area contributed by atoms with Gasteiger partial charge in [0, 0.05) is 13.1 Å². The lowest BCUT2D eigenvalue weighted by molar-refractivity contribution is 0.369. The van der Waals surface area contributed by atoms with E-state index in [2.05, 4.69) is 4.72 Å². The molecule has 0 amide bonds. The maximum atomic E-state index is 12.4. The molecule has 2 rings (SSSR count). The first-order valence-electron chi connectivity index (χ1n) is 7.00. The molecule has 1 fully saturated rings. The number of nitrogens with zero attached hydrogens (tertiary/aromatic N) is 2. The molecule has 0 radical (unpaired) electrons. The van der Waals surface area contributed by atoms with E-state index in [9.17, 15) is 8.42 Å². The average molecular weight is 309 g/mol. The van der Waals surface area contributed by atoms with Crippen LogP contribution in [-0.4, -0.2) is 32.4 Å². The molecule has 7 heteroatoms. The molecule has 0 bridgehead atoms. The number of benzene rings is 1. The molecule has 1 heterocycles. The normalized spacial score (nSPS) is 16.7. The van der Waals surface area contributed by atoms with Gasteiger partial charge in [-0.25, -0.2) is 0 Å². The lowest BCUT2D eigenvalue weighted by atomic mass is 10.2. The lowest BCUT2D eigenvalue weighted by Gasteiger charge is -2.21. The Labute approximate surface area is 125 Å². The molecular weight excluding hydrogens is 290 g/mol. The molecule has 1 aliphatic heterocycles. The summed E-state index contributed by atoms with van der Waals surface area (Å²) >= 11 is 0. The summed E-state index contributed by atoms with van der Waals surface area (Å²) in [5.41, 5.74) is 0.358. The fraction of sp³-hybridized carbons (Fsp3) is 0.500. The van der Waals surface area contributed by atoms with Crippen molar-refractivity contribution in [2.75, 3.05) is 24.4 Å². The van der Waals surface area contributed by atoms with Gasteiger partial charge < -0.3 is 4.74 Å². The highest BCUT2D eigenvalue weighted by Gasteiger charge is 2.23. The number of nitriles is 1. The Balaban J connectivity index is 2.14. The van der Waals surface area contributed by atoms with E-state index >= 15 is 0 Å². The maximum absolute atomic E-state index is 12.4. The number of nitrogens with one attached hydrogen (secondary N) is 1. The molecule has 0 aromatic heterocycles. The second-order valence-electron chi connectivity index (χ2n) is 4.86. The fourth-order valence-electron chi connectivity index (χ4n) is 2.27. The van der Waals surface area contributed by atoms with Gasteiger partial charge in [-0.3, -0.25) is 4.72 Å². The lowest BCUT2D eigenvalue weighted by Crippen LogP contribution is -2.36. The van der Waals surface area contributed by atoms with Crippen LogP contribution >= 0.6 is 0 Å². The number of rotatable bonds is 5. The SMILES string of the molecule is N#CCOc1ccccc1NS(=O)(=O)N1CCCCCC1. The van der Waals surface area contributed by atoms with Crippen LogP contribution in [0.5, 0.6) is 5.75 Å². The van der Waals surface area contributed by atoms with Crippen LogP contribution in [0.1, 0.15) is 25.7 Å². The van der Waals surface area contributed by atoms with Gasteiger partial charge in [0.15, 0.2) is 6.61 Å². The summed E-state index contributed by atoms with van der Waals surface area (Å²) in [5.74, 6) is 0.359. The van der Waals surface area contributed by atoms with Crippen LogP contribution in [0.15, 0.2) is 24.3 Å². The number of para-hydroxylation sites is 2. The van der Waals surface area contributed by atoms with Crippen LogP contribution in [0.25, 0.3) is 0 Å². The Bertz CT molecular complexity index is 602.